The number of allylic oxidation sites excluding steroid dienone is 8. The van der Waals surface area contributed by atoms with Gasteiger partial charge in [-0.15, -0.1) is 0 Å². The van der Waals surface area contributed by atoms with E-state index in [1.165, 1.54) is 56.4 Å². The van der Waals surface area contributed by atoms with Crippen molar-refractivity contribution < 1.29 is 0 Å². The van der Waals surface area contributed by atoms with Gasteiger partial charge in [0.05, 0.1) is 0 Å². The second-order valence-corrected chi connectivity index (χ2v) is 10.7. The Morgan fingerprint density at radius 3 is 1.25 bits per heavy atom. The summed E-state index contributed by atoms with van der Waals surface area (Å²) in [6, 6.07) is 39.1. The predicted octanol–water partition coefficient (Wildman–Crippen LogP) is 10.5. The van der Waals surface area contributed by atoms with E-state index in [1.54, 1.807) is 0 Å². The summed E-state index contributed by atoms with van der Waals surface area (Å²) in [5, 5.41) is 0. The molecule has 0 unspecified atom stereocenters. The summed E-state index contributed by atoms with van der Waals surface area (Å²) in [5.74, 6) is 0. The monoisotopic (exact) mass is 520 g/mol. The van der Waals surface area contributed by atoms with Crippen LogP contribution in [0.2, 0.25) is 0 Å². The Hall–Kier alpha value is -4.56. The van der Waals surface area contributed by atoms with Crippen LogP contribution in [0.25, 0.3) is 0 Å². The predicted molar refractivity (Wildman–Crippen MR) is 170 cm³/mol. The Morgan fingerprint density at radius 1 is 0.450 bits per heavy atom. The number of aryl methyl sites for hydroxylation is 2. The van der Waals surface area contributed by atoms with Crippen molar-refractivity contribution in [3.63, 3.8) is 0 Å². The molecular weight excluding hydrogens is 484 g/mol. The standard InChI is InChI=1S/C38H36N2/c1-29-13-9-21-35(25-29)39(33-17-5-3-6-18-33)37-23-11-15-31(27-37)32-16-12-24-38(28-32)40(34-19-7-4-8-20-34)36-22-10-14-30(2)26-36/h3-10,13-22,25-28H,11-12,23-24H2,1-2H3. The van der Waals surface area contributed by atoms with Crippen molar-refractivity contribution in [2.45, 2.75) is 39.5 Å². The average Bonchev–Trinajstić information content (AvgIpc) is 2.99. The van der Waals surface area contributed by atoms with Crippen molar-refractivity contribution in [1.82, 2.24) is 0 Å². The normalized spacial score (nSPS) is 14.9. The van der Waals surface area contributed by atoms with Crippen LogP contribution in [0.5, 0.6) is 0 Å². The molecule has 0 saturated carbocycles. The highest BCUT2D eigenvalue weighted by atomic mass is 15.2. The fourth-order valence-electron chi connectivity index (χ4n) is 5.78. The van der Waals surface area contributed by atoms with Crippen LogP contribution in [-0.4, -0.2) is 0 Å². The second-order valence-electron chi connectivity index (χ2n) is 10.7. The van der Waals surface area contributed by atoms with E-state index in [-0.39, 0.29) is 0 Å². The maximum Gasteiger partial charge on any atom is 0.0461 e. The van der Waals surface area contributed by atoms with E-state index in [2.05, 4.69) is 157 Å². The molecule has 2 heteroatoms. The molecule has 2 aliphatic carbocycles. The zero-order valence-electron chi connectivity index (χ0n) is 23.4. The first kappa shape index (κ1) is 25.7. The molecule has 0 radical (unpaired) electrons. The minimum atomic E-state index is 1.01. The first-order valence-electron chi connectivity index (χ1n) is 14.3. The molecule has 0 heterocycles. The Kier molecular flexibility index (Phi) is 7.50. The third-order valence-electron chi connectivity index (χ3n) is 7.63. The van der Waals surface area contributed by atoms with Crippen LogP contribution in [-0.2, 0) is 0 Å². The molecule has 0 aromatic heterocycles. The minimum absolute atomic E-state index is 1.01. The summed E-state index contributed by atoms with van der Waals surface area (Å²) in [6.45, 7) is 4.33. The zero-order chi connectivity index (χ0) is 27.3. The molecule has 0 aliphatic heterocycles. The summed E-state index contributed by atoms with van der Waals surface area (Å²) in [6.07, 6.45) is 13.7. The average molecular weight is 521 g/mol. The molecule has 0 amide bonds. The van der Waals surface area contributed by atoms with Gasteiger partial charge >= 0.3 is 0 Å². The highest BCUT2D eigenvalue weighted by Gasteiger charge is 2.21. The van der Waals surface area contributed by atoms with Crippen LogP contribution >= 0.6 is 0 Å². The SMILES string of the molecule is Cc1cccc(N(C2=CC(C3=CCCC(N(c4ccccc4)c4cccc(C)c4)=C3)=CCC2)c2ccccc2)c1. The lowest BCUT2D eigenvalue weighted by Gasteiger charge is -2.32. The molecule has 0 fully saturated rings. The zero-order valence-corrected chi connectivity index (χ0v) is 23.4. The van der Waals surface area contributed by atoms with Crippen molar-refractivity contribution in [1.29, 1.82) is 0 Å². The molecule has 4 aromatic rings. The molecular formula is C38H36N2. The molecule has 4 aromatic carbocycles. The van der Waals surface area contributed by atoms with Gasteiger partial charge in [0.25, 0.3) is 0 Å². The summed E-state index contributed by atoms with van der Waals surface area (Å²) in [7, 11) is 0. The van der Waals surface area contributed by atoms with Gasteiger partial charge in [-0.05, 0) is 122 Å². The minimum Gasteiger partial charge on any atom is -0.314 e. The quantitative estimate of drug-likeness (QED) is 0.239. The van der Waals surface area contributed by atoms with Crippen molar-refractivity contribution in [3.8, 4) is 0 Å². The smallest absolute Gasteiger partial charge is 0.0461 e. The van der Waals surface area contributed by atoms with Gasteiger partial charge in [-0.2, -0.15) is 0 Å². The van der Waals surface area contributed by atoms with Gasteiger partial charge in [0, 0.05) is 34.1 Å². The first-order valence-corrected chi connectivity index (χ1v) is 14.3. The van der Waals surface area contributed by atoms with Crippen LogP contribution in [0.1, 0.15) is 36.8 Å². The van der Waals surface area contributed by atoms with Crippen molar-refractivity contribution >= 4 is 22.7 Å². The number of nitrogens with zero attached hydrogens (tertiary/aromatic N) is 2. The summed E-state index contributed by atoms with van der Waals surface area (Å²) in [4.78, 5) is 4.86. The Labute approximate surface area is 238 Å². The molecule has 0 N–H and O–H groups in total. The van der Waals surface area contributed by atoms with Gasteiger partial charge < -0.3 is 9.80 Å². The second kappa shape index (κ2) is 11.7. The summed E-state index contributed by atoms with van der Waals surface area (Å²) >= 11 is 0. The topological polar surface area (TPSA) is 6.48 Å². The number of benzene rings is 4. The van der Waals surface area contributed by atoms with E-state index < -0.39 is 0 Å². The number of para-hydroxylation sites is 2. The van der Waals surface area contributed by atoms with E-state index in [1.807, 2.05) is 0 Å². The van der Waals surface area contributed by atoms with Crippen LogP contribution in [0.15, 0.2) is 156 Å². The number of hydrogen-bond donors (Lipinski definition) is 0. The van der Waals surface area contributed by atoms with Crippen LogP contribution in [0.3, 0.4) is 0 Å². The van der Waals surface area contributed by atoms with E-state index in [9.17, 15) is 0 Å². The van der Waals surface area contributed by atoms with Crippen molar-refractivity contribution in [2.75, 3.05) is 9.80 Å². The Morgan fingerprint density at radius 2 is 0.850 bits per heavy atom. The maximum absolute atomic E-state index is 2.43. The molecule has 0 atom stereocenters. The van der Waals surface area contributed by atoms with Gasteiger partial charge in [0.1, 0.15) is 0 Å². The van der Waals surface area contributed by atoms with E-state index in [0.717, 1.165) is 25.7 Å². The lowest BCUT2D eigenvalue weighted by Crippen LogP contribution is -2.19. The van der Waals surface area contributed by atoms with Crippen LogP contribution in [0.4, 0.5) is 22.7 Å². The van der Waals surface area contributed by atoms with Crippen LogP contribution < -0.4 is 9.80 Å². The third kappa shape index (κ3) is 5.58. The number of hydrogen-bond acceptors (Lipinski definition) is 2. The molecule has 0 spiro atoms. The van der Waals surface area contributed by atoms with Crippen molar-refractivity contribution in [3.05, 3.63) is 167 Å². The fraction of sp³-hybridized carbons (Fsp3) is 0.158. The lowest BCUT2D eigenvalue weighted by atomic mass is 9.91. The highest BCUT2D eigenvalue weighted by Crippen LogP contribution is 2.39. The van der Waals surface area contributed by atoms with Crippen LogP contribution in [0, 0.1) is 13.8 Å². The molecule has 6 rings (SSSR count). The third-order valence-corrected chi connectivity index (χ3v) is 7.63. The Bertz CT molecular complexity index is 1480. The molecule has 0 bridgehead atoms. The fourth-order valence-corrected chi connectivity index (χ4v) is 5.78. The van der Waals surface area contributed by atoms with Gasteiger partial charge in [-0.3, -0.25) is 0 Å². The van der Waals surface area contributed by atoms with Gasteiger partial charge in [0.2, 0.25) is 0 Å². The first-order chi connectivity index (χ1) is 19.7. The summed E-state index contributed by atoms with van der Waals surface area (Å²) < 4.78 is 0. The van der Waals surface area contributed by atoms with E-state index in [0.29, 0.717) is 0 Å². The molecule has 0 saturated heterocycles. The van der Waals surface area contributed by atoms with Gasteiger partial charge in [-0.1, -0.05) is 72.8 Å². The van der Waals surface area contributed by atoms with E-state index in [4.69, 9.17) is 0 Å². The largest absolute Gasteiger partial charge is 0.314 e. The van der Waals surface area contributed by atoms with Gasteiger partial charge in [-0.25, -0.2) is 0 Å². The summed E-state index contributed by atoms with van der Waals surface area (Å²) in [5.41, 5.74) is 12.6. The lowest BCUT2D eigenvalue weighted by molar-refractivity contribution is 0.890. The van der Waals surface area contributed by atoms with E-state index >= 15 is 0 Å². The number of rotatable bonds is 7. The molecule has 2 nitrogen and oxygen atoms in total. The maximum atomic E-state index is 2.43. The van der Waals surface area contributed by atoms with Crippen molar-refractivity contribution in [2.24, 2.45) is 0 Å². The molecule has 198 valence electrons. The Balaban J connectivity index is 1.38. The number of anilines is 4. The molecule has 2 aliphatic rings. The molecule has 40 heavy (non-hydrogen) atoms. The van der Waals surface area contributed by atoms with Gasteiger partial charge in [0.15, 0.2) is 0 Å². The highest BCUT2D eigenvalue weighted by molar-refractivity contribution is 5.72.